The number of aldehydes is 1. The lowest BCUT2D eigenvalue weighted by Crippen LogP contribution is -1.73. The second-order valence-corrected chi connectivity index (χ2v) is 6.37. The molecule has 0 spiro atoms. The maximum absolute atomic E-state index is 10.6. The van der Waals surface area contributed by atoms with Crippen LogP contribution in [0.3, 0.4) is 0 Å². The van der Waals surface area contributed by atoms with Crippen LogP contribution >= 0.6 is 23.1 Å². The maximum atomic E-state index is 10.6. The quantitative estimate of drug-likeness (QED) is 0.632. The van der Waals surface area contributed by atoms with Gasteiger partial charge in [-0.3, -0.25) is 4.79 Å². The Morgan fingerprint density at radius 3 is 2.56 bits per heavy atom. The third-order valence-electron chi connectivity index (χ3n) is 2.66. The minimum absolute atomic E-state index is 0.776. The zero-order chi connectivity index (χ0) is 12.4. The number of thiophene rings is 1. The fourth-order valence-electron chi connectivity index (χ4n) is 1.80. The van der Waals surface area contributed by atoms with Crippen LogP contribution in [0.15, 0.2) is 63.7 Å². The van der Waals surface area contributed by atoms with E-state index >= 15 is 0 Å². The summed E-state index contributed by atoms with van der Waals surface area (Å²) in [5.41, 5.74) is 0. The Bertz CT molecular complexity index is 700. The van der Waals surface area contributed by atoms with Gasteiger partial charge in [-0.15, -0.1) is 11.3 Å². The molecule has 88 valence electrons. The lowest BCUT2D eigenvalue weighted by Gasteiger charge is -2.01. The van der Waals surface area contributed by atoms with Gasteiger partial charge >= 0.3 is 0 Å². The lowest BCUT2D eigenvalue weighted by molar-refractivity contribution is 0.112. The van der Waals surface area contributed by atoms with E-state index in [2.05, 4.69) is 30.3 Å². The summed E-state index contributed by atoms with van der Waals surface area (Å²) < 4.78 is 1.15. The standard InChI is InChI=1S/C15H10OS2/c16-10-14-7-8-15(18-14)17-13-6-5-11-3-1-2-4-12(11)9-13/h1-10H. The first-order valence-corrected chi connectivity index (χ1v) is 7.20. The normalized spacial score (nSPS) is 10.7. The van der Waals surface area contributed by atoms with Crippen molar-refractivity contribution in [2.75, 3.05) is 0 Å². The number of rotatable bonds is 3. The minimum Gasteiger partial charge on any atom is -0.297 e. The van der Waals surface area contributed by atoms with Crippen molar-refractivity contribution in [3.63, 3.8) is 0 Å². The van der Waals surface area contributed by atoms with Crippen LogP contribution in [0.2, 0.25) is 0 Å². The van der Waals surface area contributed by atoms with Crippen molar-refractivity contribution < 1.29 is 4.79 Å². The SMILES string of the molecule is O=Cc1ccc(Sc2ccc3ccccc3c2)s1. The summed E-state index contributed by atoms with van der Waals surface area (Å²) >= 11 is 3.23. The third kappa shape index (κ3) is 2.33. The van der Waals surface area contributed by atoms with Crippen molar-refractivity contribution in [3.8, 4) is 0 Å². The van der Waals surface area contributed by atoms with Gasteiger partial charge < -0.3 is 0 Å². The van der Waals surface area contributed by atoms with Gasteiger partial charge in [-0.1, -0.05) is 42.1 Å². The van der Waals surface area contributed by atoms with E-state index in [1.807, 2.05) is 24.3 Å². The first kappa shape index (κ1) is 11.5. The van der Waals surface area contributed by atoms with Crippen LogP contribution in [-0.2, 0) is 0 Å². The number of benzene rings is 2. The summed E-state index contributed by atoms with van der Waals surface area (Å²) in [4.78, 5) is 12.6. The van der Waals surface area contributed by atoms with Gasteiger partial charge in [0.1, 0.15) is 0 Å². The predicted octanol–water partition coefficient (Wildman–Crippen LogP) is 4.87. The monoisotopic (exact) mass is 270 g/mol. The van der Waals surface area contributed by atoms with Crippen molar-refractivity contribution in [1.82, 2.24) is 0 Å². The zero-order valence-corrected chi connectivity index (χ0v) is 11.1. The molecular formula is C15H10OS2. The fourth-order valence-corrected chi connectivity index (χ4v) is 3.79. The summed E-state index contributed by atoms with van der Waals surface area (Å²) in [6, 6.07) is 18.6. The summed E-state index contributed by atoms with van der Waals surface area (Å²) in [5.74, 6) is 0. The molecule has 3 aromatic rings. The van der Waals surface area contributed by atoms with Crippen LogP contribution in [-0.4, -0.2) is 6.29 Å². The molecule has 0 saturated carbocycles. The predicted molar refractivity (Wildman–Crippen MR) is 77.8 cm³/mol. The third-order valence-corrected chi connectivity index (χ3v) is 4.79. The molecule has 0 N–H and O–H groups in total. The van der Waals surface area contributed by atoms with Crippen LogP contribution in [0.5, 0.6) is 0 Å². The first-order chi connectivity index (χ1) is 8.85. The van der Waals surface area contributed by atoms with E-state index in [9.17, 15) is 4.79 Å². The van der Waals surface area contributed by atoms with Crippen molar-refractivity contribution >= 4 is 40.2 Å². The molecule has 3 heteroatoms. The highest BCUT2D eigenvalue weighted by atomic mass is 32.2. The molecule has 0 atom stereocenters. The number of carbonyl (C=O) groups is 1. The highest BCUT2D eigenvalue weighted by Crippen LogP contribution is 2.34. The van der Waals surface area contributed by atoms with E-state index in [4.69, 9.17) is 0 Å². The second-order valence-electron chi connectivity index (χ2n) is 3.89. The Kier molecular flexibility index (Phi) is 3.17. The van der Waals surface area contributed by atoms with Crippen molar-refractivity contribution in [2.24, 2.45) is 0 Å². The van der Waals surface area contributed by atoms with Gasteiger partial charge in [0, 0.05) is 4.90 Å². The van der Waals surface area contributed by atoms with E-state index < -0.39 is 0 Å². The van der Waals surface area contributed by atoms with Crippen LogP contribution < -0.4 is 0 Å². The van der Waals surface area contributed by atoms with Gasteiger partial charge in [0.05, 0.1) is 9.09 Å². The summed E-state index contributed by atoms with van der Waals surface area (Å²) in [6.45, 7) is 0. The van der Waals surface area contributed by atoms with Crippen LogP contribution in [0.25, 0.3) is 10.8 Å². The van der Waals surface area contributed by atoms with Gasteiger partial charge in [-0.2, -0.15) is 0 Å². The van der Waals surface area contributed by atoms with Gasteiger partial charge in [-0.25, -0.2) is 0 Å². The molecule has 0 aliphatic carbocycles. The lowest BCUT2D eigenvalue weighted by atomic mass is 10.1. The van der Waals surface area contributed by atoms with E-state index in [1.54, 1.807) is 11.8 Å². The van der Waals surface area contributed by atoms with Crippen molar-refractivity contribution in [1.29, 1.82) is 0 Å². The molecule has 0 fully saturated rings. The molecule has 0 amide bonds. The summed E-state index contributed by atoms with van der Waals surface area (Å²) in [5, 5.41) is 2.50. The smallest absolute Gasteiger partial charge is 0.160 e. The van der Waals surface area contributed by atoms with E-state index in [0.717, 1.165) is 15.4 Å². The minimum atomic E-state index is 0.776. The Balaban J connectivity index is 1.92. The molecule has 0 unspecified atom stereocenters. The Labute approximate surface area is 113 Å². The molecule has 1 aromatic heterocycles. The number of carbonyl (C=O) groups excluding carboxylic acids is 1. The van der Waals surface area contributed by atoms with Gasteiger partial charge in [0.25, 0.3) is 0 Å². The van der Waals surface area contributed by atoms with Gasteiger partial charge in [0.2, 0.25) is 0 Å². The zero-order valence-electron chi connectivity index (χ0n) is 9.50. The topological polar surface area (TPSA) is 17.1 Å². The molecule has 1 nitrogen and oxygen atoms in total. The average molecular weight is 270 g/mol. The molecule has 3 rings (SSSR count). The number of hydrogen-bond donors (Lipinski definition) is 0. The molecule has 1 heterocycles. The fraction of sp³-hybridized carbons (Fsp3) is 0. The van der Waals surface area contributed by atoms with Gasteiger partial charge in [-0.05, 0) is 35.0 Å². The van der Waals surface area contributed by atoms with Crippen molar-refractivity contribution in [2.45, 2.75) is 9.10 Å². The summed E-state index contributed by atoms with van der Waals surface area (Å²) in [7, 11) is 0. The maximum Gasteiger partial charge on any atom is 0.160 e. The van der Waals surface area contributed by atoms with E-state index in [0.29, 0.717) is 0 Å². The first-order valence-electron chi connectivity index (χ1n) is 5.57. The molecule has 0 aliphatic rings. The molecule has 0 saturated heterocycles. The second kappa shape index (κ2) is 4.96. The Morgan fingerprint density at radius 1 is 0.944 bits per heavy atom. The average Bonchev–Trinajstić information content (AvgIpc) is 2.86. The van der Waals surface area contributed by atoms with Gasteiger partial charge in [0.15, 0.2) is 6.29 Å². The molecule has 2 aromatic carbocycles. The highest BCUT2D eigenvalue weighted by Gasteiger charge is 2.02. The van der Waals surface area contributed by atoms with E-state index in [1.165, 1.54) is 27.0 Å². The van der Waals surface area contributed by atoms with Crippen molar-refractivity contribution in [3.05, 3.63) is 59.5 Å². The summed E-state index contributed by atoms with van der Waals surface area (Å²) in [6.07, 6.45) is 0.898. The molecule has 0 aliphatic heterocycles. The molecule has 0 bridgehead atoms. The Morgan fingerprint density at radius 2 is 1.78 bits per heavy atom. The van der Waals surface area contributed by atoms with Crippen LogP contribution in [0.1, 0.15) is 9.67 Å². The molecular weight excluding hydrogens is 260 g/mol. The van der Waals surface area contributed by atoms with Crippen LogP contribution in [0, 0.1) is 0 Å². The highest BCUT2D eigenvalue weighted by molar-refractivity contribution is 8.01. The molecule has 18 heavy (non-hydrogen) atoms. The number of fused-ring (bicyclic) bond motifs is 1. The van der Waals surface area contributed by atoms with Crippen LogP contribution in [0.4, 0.5) is 0 Å². The number of hydrogen-bond acceptors (Lipinski definition) is 3. The molecule has 0 radical (unpaired) electrons. The Hall–Kier alpha value is -1.58. The largest absolute Gasteiger partial charge is 0.297 e. The van der Waals surface area contributed by atoms with E-state index in [-0.39, 0.29) is 0 Å².